The smallest absolute Gasteiger partial charge is 0.192 e. The maximum atomic E-state index is 5.49. The van der Waals surface area contributed by atoms with Crippen LogP contribution in [0.4, 0.5) is 5.82 Å². The van der Waals surface area contributed by atoms with Crippen molar-refractivity contribution in [2.45, 2.75) is 18.2 Å². The number of thioether (sulfide) groups is 1. The third-order valence-electron chi connectivity index (χ3n) is 5.70. The fourth-order valence-corrected chi connectivity index (χ4v) is 4.55. The summed E-state index contributed by atoms with van der Waals surface area (Å²) in [5, 5.41) is 9.56. The van der Waals surface area contributed by atoms with E-state index < -0.39 is 0 Å². The van der Waals surface area contributed by atoms with Gasteiger partial charge in [-0.15, -0.1) is 11.5 Å². The van der Waals surface area contributed by atoms with E-state index in [4.69, 9.17) is 16.4 Å². The summed E-state index contributed by atoms with van der Waals surface area (Å²) in [7, 11) is 0. The minimum Gasteiger partial charge on any atom is -0.352 e. The average Bonchev–Trinajstić information content (AvgIpc) is 3.26. The third-order valence-corrected chi connectivity index (χ3v) is 6.46. The molecule has 0 radical (unpaired) electrons. The summed E-state index contributed by atoms with van der Waals surface area (Å²) in [6.07, 6.45) is 5.49. The van der Waals surface area contributed by atoms with Gasteiger partial charge in [-0.3, -0.25) is 4.90 Å². The van der Waals surface area contributed by atoms with Crippen LogP contribution in [0.1, 0.15) is 11.1 Å². The Morgan fingerprint density at radius 2 is 1.52 bits per heavy atom. The highest BCUT2D eigenvalue weighted by atomic mass is 32.2. The molecule has 1 saturated heterocycles. The molecule has 0 amide bonds. The summed E-state index contributed by atoms with van der Waals surface area (Å²) in [5.41, 5.74) is 3.98. The lowest BCUT2D eigenvalue weighted by Gasteiger charge is -2.35. The molecule has 0 aliphatic carbocycles. The molecule has 1 aliphatic heterocycles. The van der Waals surface area contributed by atoms with E-state index >= 15 is 0 Å². The molecular formula is C25H25N7S. The largest absolute Gasteiger partial charge is 0.352 e. The first-order valence-corrected chi connectivity index (χ1v) is 12.0. The summed E-state index contributed by atoms with van der Waals surface area (Å²) < 4.78 is 1.85. The second kappa shape index (κ2) is 10.0. The van der Waals surface area contributed by atoms with E-state index in [1.807, 2.05) is 22.9 Å². The van der Waals surface area contributed by atoms with Gasteiger partial charge in [0, 0.05) is 32.7 Å². The van der Waals surface area contributed by atoms with Crippen molar-refractivity contribution in [2.24, 2.45) is 0 Å². The number of fused-ring (bicyclic) bond motifs is 1. The Kier molecular flexibility index (Phi) is 6.51. The average molecular weight is 456 g/mol. The Labute approximate surface area is 197 Å². The van der Waals surface area contributed by atoms with E-state index in [-0.39, 0.29) is 0 Å². The maximum Gasteiger partial charge on any atom is 0.192 e. The molecule has 1 fully saturated rings. The minimum atomic E-state index is 0.524. The number of hydrogen-bond donors (Lipinski definition) is 0. The molecule has 0 N–H and O–H groups in total. The summed E-state index contributed by atoms with van der Waals surface area (Å²) >= 11 is 1.47. The molecule has 2 aromatic heterocycles. The minimum absolute atomic E-state index is 0.524. The number of piperazine rings is 1. The first-order valence-electron chi connectivity index (χ1n) is 11.0. The normalized spacial score (nSPS) is 14.5. The molecule has 0 saturated carbocycles. The summed E-state index contributed by atoms with van der Waals surface area (Å²) in [4.78, 5) is 14.4. The highest BCUT2D eigenvalue weighted by Crippen LogP contribution is 2.27. The highest BCUT2D eigenvalue weighted by Gasteiger charge is 2.24. The molecule has 5 rings (SSSR count). The van der Waals surface area contributed by atoms with Crippen LogP contribution in [0.15, 0.2) is 65.8 Å². The van der Waals surface area contributed by atoms with E-state index in [1.165, 1.54) is 17.3 Å². The van der Waals surface area contributed by atoms with Gasteiger partial charge in [0.05, 0.1) is 12.3 Å². The Hall–Kier alpha value is -3.41. The molecule has 33 heavy (non-hydrogen) atoms. The van der Waals surface area contributed by atoms with Gasteiger partial charge in [-0.05, 0) is 11.1 Å². The number of rotatable bonds is 7. The molecule has 1 aliphatic rings. The molecule has 0 atom stereocenters. The van der Waals surface area contributed by atoms with Gasteiger partial charge in [0.2, 0.25) is 0 Å². The highest BCUT2D eigenvalue weighted by molar-refractivity contribution is 7.99. The van der Waals surface area contributed by atoms with Crippen molar-refractivity contribution in [1.29, 1.82) is 0 Å². The van der Waals surface area contributed by atoms with Gasteiger partial charge in [-0.2, -0.15) is 0 Å². The quantitative estimate of drug-likeness (QED) is 0.241. The lowest BCUT2D eigenvalue weighted by atomic mass is 10.2. The lowest BCUT2D eigenvalue weighted by Crippen LogP contribution is -2.46. The first kappa shape index (κ1) is 21.4. The number of anilines is 1. The van der Waals surface area contributed by atoms with Gasteiger partial charge in [0.1, 0.15) is 0 Å². The van der Waals surface area contributed by atoms with Crippen molar-refractivity contribution in [2.75, 3.05) is 36.8 Å². The standard InChI is InChI=1S/C25H25N7S/c1-2-17-33-25-26-23(31-15-13-30(14-16-31)18-20-9-5-3-6-10-20)22-24(27-25)32(29-28-22)19-21-11-7-4-8-12-21/h1,3-12H,13-19H2. The van der Waals surface area contributed by atoms with Crippen LogP contribution in [0.25, 0.3) is 11.2 Å². The molecule has 3 heterocycles. The van der Waals surface area contributed by atoms with Crippen LogP contribution in [-0.4, -0.2) is 61.8 Å². The molecule has 0 bridgehead atoms. The van der Waals surface area contributed by atoms with Crippen molar-refractivity contribution in [3.8, 4) is 12.3 Å². The molecule has 0 unspecified atom stereocenters. The van der Waals surface area contributed by atoms with E-state index in [0.29, 0.717) is 17.5 Å². The van der Waals surface area contributed by atoms with Gasteiger partial charge in [0.25, 0.3) is 0 Å². The predicted molar refractivity (Wildman–Crippen MR) is 132 cm³/mol. The number of benzene rings is 2. The Bertz CT molecular complexity index is 1240. The van der Waals surface area contributed by atoms with Crippen LogP contribution < -0.4 is 4.90 Å². The molecule has 8 heteroatoms. The Balaban J connectivity index is 1.39. The van der Waals surface area contributed by atoms with Crippen LogP contribution in [0.5, 0.6) is 0 Å². The number of hydrogen-bond acceptors (Lipinski definition) is 7. The molecule has 4 aromatic rings. The second-order valence-electron chi connectivity index (χ2n) is 7.98. The lowest BCUT2D eigenvalue weighted by molar-refractivity contribution is 0.249. The zero-order chi connectivity index (χ0) is 22.5. The number of aromatic nitrogens is 5. The van der Waals surface area contributed by atoms with Gasteiger partial charge in [-0.25, -0.2) is 14.6 Å². The van der Waals surface area contributed by atoms with Gasteiger partial charge >= 0.3 is 0 Å². The Morgan fingerprint density at radius 1 is 0.848 bits per heavy atom. The van der Waals surface area contributed by atoms with Crippen LogP contribution >= 0.6 is 11.8 Å². The maximum absolute atomic E-state index is 5.49. The van der Waals surface area contributed by atoms with Crippen molar-refractivity contribution in [3.05, 3.63) is 71.8 Å². The van der Waals surface area contributed by atoms with E-state index in [2.05, 4.69) is 68.5 Å². The first-order chi connectivity index (χ1) is 16.3. The number of terminal acetylenes is 1. The van der Waals surface area contributed by atoms with E-state index in [9.17, 15) is 0 Å². The summed E-state index contributed by atoms with van der Waals surface area (Å²) in [5.74, 6) is 4.03. The Morgan fingerprint density at radius 3 is 2.18 bits per heavy atom. The van der Waals surface area contributed by atoms with Crippen molar-refractivity contribution in [1.82, 2.24) is 29.9 Å². The SMILES string of the molecule is C#CCSc1nc(N2CCN(Cc3ccccc3)CC2)c2nnn(Cc3ccccc3)c2n1. The molecule has 2 aromatic carbocycles. The molecule has 7 nitrogen and oxygen atoms in total. The fraction of sp³-hybridized carbons (Fsp3) is 0.280. The molecular weight excluding hydrogens is 430 g/mol. The van der Waals surface area contributed by atoms with Crippen LogP contribution in [0, 0.1) is 12.3 Å². The molecule has 166 valence electrons. The third kappa shape index (κ3) is 5.00. The van der Waals surface area contributed by atoms with Crippen LogP contribution in [-0.2, 0) is 13.1 Å². The van der Waals surface area contributed by atoms with Crippen LogP contribution in [0.2, 0.25) is 0 Å². The monoisotopic (exact) mass is 455 g/mol. The molecule has 0 spiro atoms. The number of nitrogens with zero attached hydrogens (tertiary/aromatic N) is 7. The van der Waals surface area contributed by atoms with E-state index in [1.54, 1.807) is 0 Å². The van der Waals surface area contributed by atoms with Crippen molar-refractivity contribution >= 4 is 28.7 Å². The van der Waals surface area contributed by atoms with Crippen LogP contribution in [0.3, 0.4) is 0 Å². The summed E-state index contributed by atoms with van der Waals surface area (Å²) in [6, 6.07) is 20.8. The van der Waals surface area contributed by atoms with Crippen molar-refractivity contribution < 1.29 is 0 Å². The van der Waals surface area contributed by atoms with Gasteiger partial charge < -0.3 is 4.90 Å². The topological polar surface area (TPSA) is 63.0 Å². The zero-order valence-electron chi connectivity index (χ0n) is 18.3. The van der Waals surface area contributed by atoms with Crippen molar-refractivity contribution in [3.63, 3.8) is 0 Å². The van der Waals surface area contributed by atoms with Gasteiger partial charge in [-0.1, -0.05) is 83.6 Å². The van der Waals surface area contributed by atoms with E-state index in [0.717, 1.165) is 55.3 Å². The zero-order valence-corrected chi connectivity index (χ0v) is 19.2. The second-order valence-corrected chi connectivity index (χ2v) is 8.92. The fourth-order valence-electron chi connectivity index (χ4n) is 4.04. The van der Waals surface area contributed by atoms with Gasteiger partial charge in [0.15, 0.2) is 22.1 Å². The predicted octanol–water partition coefficient (Wildman–Crippen LogP) is 3.32. The summed E-state index contributed by atoms with van der Waals surface area (Å²) in [6.45, 7) is 5.26.